The fourth-order valence-corrected chi connectivity index (χ4v) is 1.72. The van der Waals surface area contributed by atoms with Crippen LogP contribution < -0.4 is 20.5 Å². The first-order valence-corrected chi connectivity index (χ1v) is 8.01. The molecule has 1 aromatic carbocycles. The zero-order valence-electron chi connectivity index (χ0n) is 14.7. The molecule has 0 saturated carbocycles. The molecule has 0 bridgehead atoms. The van der Waals surface area contributed by atoms with Gasteiger partial charge in [0.25, 0.3) is 0 Å². The number of amides is 1. The highest BCUT2D eigenvalue weighted by Gasteiger charge is 2.11. The zero-order valence-corrected chi connectivity index (χ0v) is 15.6. The maximum absolute atomic E-state index is 10.7. The molecule has 150 valence electrons. The summed E-state index contributed by atoms with van der Waals surface area (Å²) in [6.45, 7) is -0.402. The van der Waals surface area contributed by atoms with E-state index in [1.165, 1.54) is 32.4 Å². The molecule has 10 nitrogen and oxygen atoms in total. The van der Waals surface area contributed by atoms with Crippen molar-refractivity contribution < 1.29 is 39.2 Å². The lowest BCUT2D eigenvalue weighted by Gasteiger charge is -2.09. The number of rotatable bonds is 8. The predicted octanol–water partition coefficient (Wildman–Crippen LogP) is -0.0485. The number of hydrogen-bond donors (Lipinski definition) is 6. The summed E-state index contributed by atoms with van der Waals surface area (Å²) >= 11 is 3.77. The van der Waals surface area contributed by atoms with Gasteiger partial charge < -0.3 is 35.8 Å². The second-order valence-electron chi connectivity index (χ2n) is 4.85. The molecule has 1 atom stereocenters. The van der Waals surface area contributed by atoms with E-state index in [-0.39, 0.29) is 23.0 Å². The van der Waals surface area contributed by atoms with Gasteiger partial charge >= 0.3 is 11.9 Å². The Morgan fingerprint density at radius 3 is 2.11 bits per heavy atom. The van der Waals surface area contributed by atoms with Gasteiger partial charge in [0.2, 0.25) is 11.7 Å². The van der Waals surface area contributed by atoms with Crippen LogP contribution in [0.4, 0.5) is 0 Å². The lowest BCUT2D eigenvalue weighted by molar-refractivity contribution is -0.138. The number of carboxylic acid groups (broad SMARTS) is 2. The third kappa shape index (κ3) is 9.37. The molecule has 1 rings (SSSR count). The van der Waals surface area contributed by atoms with Crippen LogP contribution in [0.15, 0.2) is 18.2 Å². The molecule has 1 unspecified atom stereocenters. The maximum atomic E-state index is 10.7. The second kappa shape index (κ2) is 12.4. The van der Waals surface area contributed by atoms with E-state index in [1.807, 2.05) is 0 Å². The van der Waals surface area contributed by atoms with Gasteiger partial charge in [-0.15, -0.1) is 0 Å². The van der Waals surface area contributed by atoms with Crippen LogP contribution in [0.2, 0.25) is 0 Å². The quantitative estimate of drug-likeness (QED) is 0.258. The molecule has 0 radical (unpaired) electrons. The number of nitrogens with two attached hydrogens (primary N) is 1. The summed E-state index contributed by atoms with van der Waals surface area (Å²) in [4.78, 5) is 31.0. The van der Waals surface area contributed by atoms with Gasteiger partial charge in [-0.2, -0.15) is 12.6 Å². The number of benzene rings is 1. The summed E-state index contributed by atoms with van der Waals surface area (Å²) in [5.74, 6) is -2.10. The largest absolute Gasteiger partial charge is 0.502 e. The Kier molecular flexibility index (Phi) is 11.1. The molecule has 0 aliphatic rings. The van der Waals surface area contributed by atoms with E-state index < -0.39 is 30.4 Å². The van der Waals surface area contributed by atoms with Crippen LogP contribution in [-0.4, -0.2) is 65.7 Å². The lowest BCUT2D eigenvalue weighted by Crippen LogP contribution is -2.43. The number of aromatic hydroxyl groups is 1. The SMILES string of the molecule is COc1cc(C=CC(=O)O)cc(OC)c1O.NC(CS)C(=O)NCC(=O)O. The summed E-state index contributed by atoms with van der Waals surface area (Å²) in [6, 6.07) is 2.28. The van der Waals surface area contributed by atoms with Crippen molar-refractivity contribution in [3.05, 3.63) is 23.8 Å². The van der Waals surface area contributed by atoms with E-state index >= 15 is 0 Å². The van der Waals surface area contributed by atoms with Crippen LogP contribution >= 0.6 is 12.6 Å². The van der Waals surface area contributed by atoms with Crippen LogP contribution in [-0.2, 0) is 14.4 Å². The minimum atomic E-state index is -1.09. The minimum absolute atomic E-state index is 0.113. The standard InChI is InChI=1S/C11H12O5.C5H10N2O3S/c1-15-8-5-7(3-4-10(12)13)6-9(16-2)11(8)14;6-3(2-11)5(10)7-1-4(8)9/h3-6,14H,1-2H3,(H,12,13);3,11H,1-2,6H2,(H,7,10)(H,8,9). The van der Waals surface area contributed by atoms with Crippen LogP contribution in [0.5, 0.6) is 17.2 Å². The predicted molar refractivity (Wildman–Crippen MR) is 100 cm³/mol. The van der Waals surface area contributed by atoms with Gasteiger partial charge in [-0.05, 0) is 23.8 Å². The smallest absolute Gasteiger partial charge is 0.328 e. The highest BCUT2D eigenvalue weighted by Crippen LogP contribution is 2.37. The maximum Gasteiger partial charge on any atom is 0.328 e. The van der Waals surface area contributed by atoms with Gasteiger partial charge in [0.1, 0.15) is 6.54 Å². The highest BCUT2D eigenvalue weighted by atomic mass is 32.1. The van der Waals surface area contributed by atoms with Gasteiger partial charge in [-0.3, -0.25) is 9.59 Å². The molecule has 0 fully saturated rings. The highest BCUT2D eigenvalue weighted by molar-refractivity contribution is 7.80. The molecule has 1 aromatic rings. The average molecular weight is 402 g/mol. The molecule has 1 amide bonds. The Morgan fingerprint density at radius 1 is 1.22 bits per heavy atom. The van der Waals surface area contributed by atoms with Crippen molar-refractivity contribution in [1.29, 1.82) is 0 Å². The normalized spacial score (nSPS) is 11.1. The van der Waals surface area contributed by atoms with E-state index in [9.17, 15) is 19.5 Å². The number of carbonyl (C=O) groups is 3. The number of nitrogens with one attached hydrogen (secondary N) is 1. The fraction of sp³-hybridized carbons (Fsp3) is 0.312. The first-order chi connectivity index (χ1) is 12.7. The average Bonchev–Trinajstić information content (AvgIpc) is 2.64. The van der Waals surface area contributed by atoms with Gasteiger partial charge in [-0.25, -0.2) is 4.79 Å². The third-order valence-corrected chi connectivity index (χ3v) is 3.26. The number of hydrogen-bond acceptors (Lipinski definition) is 8. The molecule has 0 saturated heterocycles. The number of carbonyl (C=O) groups excluding carboxylic acids is 1. The Hall–Kier alpha value is -2.92. The van der Waals surface area contributed by atoms with E-state index in [0.29, 0.717) is 5.56 Å². The Morgan fingerprint density at radius 2 is 1.74 bits per heavy atom. The number of carboxylic acids is 2. The fourth-order valence-electron chi connectivity index (χ4n) is 1.55. The number of phenols is 1. The Labute approximate surface area is 161 Å². The van der Waals surface area contributed by atoms with Crippen LogP contribution in [0.3, 0.4) is 0 Å². The molecule has 27 heavy (non-hydrogen) atoms. The summed E-state index contributed by atoms with van der Waals surface area (Å²) in [7, 11) is 2.80. The van der Waals surface area contributed by atoms with Gasteiger partial charge in [0.05, 0.1) is 20.3 Å². The summed E-state index contributed by atoms with van der Waals surface area (Å²) in [5.41, 5.74) is 5.79. The van der Waals surface area contributed by atoms with Gasteiger partial charge in [0, 0.05) is 11.8 Å². The molecule has 11 heteroatoms. The molecule has 6 N–H and O–H groups in total. The molecular formula is C16H22N2O8S. The van der Waals surface area contributed by atoms with Crippen molar-refractivity contribution in [3.63, 3.8) is 0 Å². The van der Waals surface area contributed by atoms with Crippen molar-refractivity contribution in [2.24, 2.45) is 5.73 Å². The Bertz CT molecular complexity index is 668. The topological polar surface area (TPSA) is 168 Å². The van der Waals surface area contributed by atoms with Crippen LogP contribution in [0.1, 0.15) is 5.56 Å². The first-order valence-electron chi connectivity index (χ1n) is 7.38. The zero-order chi connectivity index (χ0) is 21.0. The number of methoxy groups -OCH3 is 2. The molecule has 0 heterocycles. The van der Waals surface area contributed by atoms with E-state index in [1.54, 1.807) is 0 Å². The van der Waals surface area contributed by atoms with Crippen LogP contribution in [0, 0.1) is 0 Å². The number of ether oxygens (including phenoxy) is 2. The Balaban J connectivity index is 0.000000541. The molecule has 0 aliphatic carbocycles. The van der Waals surface area contributed by atoms with Gasteiger partial charge in [-0.1, -0.05) is 0 Å². The minimum Gasteiger partial charge on any atom is -0.502 e. The van der Waals surface area contributed by atoms with E-state index in [4.69, 9.17) is 25.4 Å². The van der Waals surface area contributed by atoms with Crippen molar-refractivity contribution in [2.45, 2.75) is 6.04 Å². The van der Waals surface area contributed by atoms with Crippen molar-refractivity contribution >= 4 is 36.6 Å². The molecule has 0 aromatic heterocycles. The van der Waals surface area contributed by atoms with Crippen molar-refractivity contribution in [3.8, 4) is 17.2 Å². The number of thiol groups is 1. The first kappa shape index (κ1) is 24.1. The van der Waals surface area contributed by atoms with E-state index in [0.717, 1.165) is 6.08 Å². The second-order valence-corrected chi connectivity index (χ2v) is 5.21. The molecular weight excluding hydrogens is 380 g/mol. The van der Waals surface area contributed by atoms with Gasteiger partial charge in [0.15, 0.2) is 11.5 Å². The van der Waals surface area contributed by atoms with E-state index in [2.05, 4.69) is 17.9 Å². The number of aliphatic carboxylic acids is 2. The van der Waals surface area contributed by atoms with Crippen molar-refractivity contribution in [1.82, 2.24) is 5.32 Å². The lowest BCUT2D eigenvalue weighted by atomic mass is 10.1. The third-order valence-electron chi connectivity index (χ3n) is 2.87. The summed E-state index contributed by atoms with van der Waals surface area (Å²) < 4.78 is 9.85. The molecule has 0 spiro atoms. The molecule has 0 aliphatic heterocycles. The van der Waals surface area contributed by atoms with Crippen molar-refractivity contribution in [2.75, 3.05) is 26.5 Å². The monoisotopic (exact) mass is 402 g/mol. The van der Waals surface area contributed by atoms with Crippen LogP contribution in [0.25, 0.3) is 6.08 Å². The summed E-state index contributed by atoms with van der Waals surface area (Å²) in [6.07, 6.45) is 2.37. The number of phenolic OH excluding ortho intramolecular Hbond substituents is 1. The summed E-state index contributed by atoms with van der Waals surface area (Å²) in [5, 5.41) is 28.3.